The van der Waals surface area contributed by atoms with Gasteiger partial charge in [-0.15, -0.1) is 0 Å². The number of carboxylic acids is 1. The molecule has 1 aromatic carbocycles. The van der Waals surface area contributed by atoms with Gasteiger partial charge in [-0.2, -0.15) is 0 Å². The summed E-state index contributed by atoms with van der Waals surface area (Å²) >= 11 is 0. The van der Waals surface area contributed by atoms with Crippen molar-refractivity contribution in [3.63, 3.8) is 0 Å². The SMILES string of the molecule is CCCCOc1ccc(Nc2ccncc2C(=O)[O-])cc1. The Balaban J connectivity index is 2.05. The van der Waals surface area contributed by atoms with E-state index >= 15 is 0 Å². The van der Waals surface area contributed by atoms with Crippen molar-refractivity contribution in [2.45, 2.75) is 19.8 Å². The van der Waals surface area contributed by atoms with Crippen LogP contribution in [0.4, 0.5) is 11.4 Å². The highest BCUT2D eigenvalue weighted by molar-refractivity contribution is 5.93. The molecule has 1 heterocycles. The first-order valence-electron chi connectivity index (χ1n) is 6.86. The predicted molar refractivity (Wildman–Crippen MR) is 78.7 cm³/mol. The first-order chi connectivity index (χ1) is 10.2. The third-order valence-corrected chi connectivity index (χ3v) is 2.94. The summed E-state index contributed by atoms with van der Waals surface area (Å²) in [5, 5.41) is 14.0. The molecule has 1 aromatic heterocycles. The van der Waals surface area contributed by atoms with Gasteiger partial charge in [-0.05, 0) is 36.8 Å². The lowest BCUT2D eigenvalue weighted by Gasteiger charge is -2.12. The molecule has 0 spiro atoms. The maximum atomic E-state index is 11.0. The highest BCUT2D eigenvalue weighted by Crippen LogP contribution is 2.22. The van der Waals surface area contributed by atoms with Crippen molar-refractivity contribution in [2.75, 3.05) is 11.9 Å². The molecule has 0 bridgehead atoms. The number of ether oxygens (including phenoxy) is 1. The van der Waals surface area contributed by atoms with Crippen molar-refractivity contribution >= 4 is 17.3 Å². The van der Waals surface area contributed by atoms with Gasteiger partial charge in [0.2, 0.25) is 0 Å². The lowest BCUT2D eigenvalue weighted by molar-refractivity contribution is -0.254. The largest absolute Gasteiger partial charge is 0.545 e. The van der Waals surface area contributed by atoms with Gasteiger partial charge in [0.15, 0.2) is 0 Å². The minimum atomic E-state index is -1.26. The zero-order valence-electron chi connectivity index (χ0n) is 11.8. The number of carbonyl (C=O) groups is 1. The summed E-state index contributed by atoms with van der Waals surface area (Å²) in [5.41, 5.74) is 1.25. The molecule has 1 N–H and O–H groups in total. The standard InChI is InChI=1S/C16H18N2O3/c1-2-3-10-21-13-6-4-12(5-7-13)18-15-8-9-17-11-14(15)16(19)20/h4-9,11H,2-3,10H2,1H3,(H,17,18)(H,19,20)/p-1. The molecule has 2 rings (SSSR count). The quantitative estimate of drug-likeness (QED) is 0.790. The fourth-order valence-corrected chi connectivity index (χ4v) is 1.79. The van der Waals surface area contributed by atoms with E-state index in [0.29, 0.717) is 12.3 Å². The van der Waals surface area contributed by atoms with E-state index in [1.165, 1.54) is 12.4 Å². The molecule has 0 unspecified atom stereocenters. The summed E-state index contributed by atoms with van der Waals surface area (Å²) in [6.45, 7) is 2.81. The average molecular weight is 285 g/mol. The van der Waals surface area contributed by atoms with Crippen LogP contribution < -0.4 is 15.2 Å². The maximum Gasteiger partial charge on any atom is 0.119 e. The van der Waals surface area contributed by atoms with Crippen molar-refractivity contribution in [3.05, 3.63) is 48.3 Å². The molecule has 0 radical (unpaired) electrons. The number of pyridine rings is 1. The number of carboxylic acid groups (broad SMARTS) is 1. The van der Waals surface area contributed by atoms with Crippen molar-refractivity contribution in [1.82, 2.24) is 4.98 Å². The van der Waals surface area contributed by atoms with E-state index in [2.05, 4.69) is 17.2 Å². The molecule has 0 atom stereocenters. The Hall–Kier alpha value is -2.56. The smallest absolute Gasteiger partial charge is 0.119 e. The molecular formula is C16H17N2O3-. The van der Waals surface area contributed by atoms with Crippen LogP contribution >= 0.6 is 0 Å². The minimum Gasteiger partial charge on any atom is -0.545 e. The number of unbranched alkanes of at least 4 members (excludes halogenated alkanes) is 1. The topological polar surface area (TPSA) is 74.3 Å². The zero-order valence-corrected chi connectivity index (χ0v) is 11.8. The van der Waals surface area contributed by atoms with E-state index in [9.17, 15) is 9.90 Å². The third-order valence-electron chi connectivity index (χ3n) is 2.94. The van der Waals surface area contributed by atoms with Gasteiger partial charge in [-0.1, -0.05) is 13.3 Å². The molecule has 2 aromatic rings. The molecule has 0 aliphatic carbocycles. The first kappa shape index (κ1) is 14.8. The maximum absolute atomic E-state index is 11.0. The molecule has 0 amide bonds. The van der Waals surface area contributed by atoms with E-state index in [4.69, 9.17) is 4.74 Å². The number of nitrogens with zero attached hydrogens (tertiary/aromatic N) is 1. The summed E-state index contributed by atoms with van der Waals surface area (Å²) in [6.07, 6.45) is 4.90. The van der Waals surface area contributed by atoms with E-state index in [1.54, 1.807) is 6.07 Å². The normalized spacial score (nSPS) is 10.1. The summed E-state index contributed by atoms with van der Waals surface area (Å²) < 4.78 is 5.57. The van der Waals surface area contributed by atoms with Crippen molar-refractivity contribution in [3.8, 4) is 5.75 Å². The minimum absolute atomic E-state index is 0.0285. The van der Waals surface area contributed by atoms with Crippen LogP contribution in [-0.4, -0.2) is 17.6 Å². The number of benzene rings is 1. The van der Waals surface area contributed by atoms with Crippen LogP contribution in [0.25, 0.3) is 0 Å². The van der Waals surface area contributed by atoms with Crippen LogP contribution in [0.1, 0.15) is 30.1 Å². The van der Waals surface area contributed by atoms with E-state index in [0.717, 1.165) is 24.3 Å². The lowest BCUT2D eigenvalue weighted by atomic mass is 10.2. The van der Waals surface area contributed by atoms with Crippen LogP contribution in [0, 0.1) is 0 Å². The summed E-state index contributed by atoms with van der Waals surface area (Å²) in [6, 6.07) is 8.95. The number of aromatic nitrogens is 1. The van der Waals surface area contributed by atoms with Gasteiger partial charge >= 0.3 is 0 Å². The van der Waals surface area contributed by atoms with Gasteiger partial charge in [-0.3, -0.25) is 4.98 Å². The summed E-state index contributed by atoms with van der Waals surface area (Å²) in [4.78, 5) is 14.8. The Morgan fingerprint density at radius 2 is 2.05 bits per heavy atom. The highest BCUT2D eigenvalue weighted by Gasteiger charge is 2.04. The second-order valence-electron chi connectivity index (χ2n) is 4.56. The fourth-order valence-electron chi connectivity index (χ4n) is 1.79. The molecule has 0 saturated heterocycles. The molecule has 5 heteroatoms. The Labute approximate surface area is 123 Å². The van der Waals surface area contributed by atoms with Crippen LogP contribution in [0.2, 0.25) is 0 Å². The van der Waals surface area contributed by atoms with Gasteiger partial charge in [0.25, 0.3) is 0 Å². The molecule has 0 aliphatic heterocycles. The average Bonchev–Trinajstić information content (AvgIpc) is 2.50. The van der Waals surface area contributed by atoms with Crippen LogP contribution in [0.3, 0.4) is 0 Å². The molecule has 0 aliphatic rings. The van der Waals surface area contributed by atoms with Crippen LogP contribution in [0.15, 0.2) is 42.7 Å². The number of nitrogens with one attached hydrogen (secondary N) is 1. The Morgan fingerprint density at radius 3 is 2.71 bits per heavy atom. The van der Waals surface area contributed by atoms with Gasteiger partial charge in [0.05, 0.1) is 18.3 Å². The molecule has 0 fully saturated rings. The van der Waals surface area contributed by atoms with Crippen LogP contribution in [-0.2, 0) is 0 Å². The highest BCUT2D eigenvalue weighted by atomic mass is 16.5. The molecular weight excluding hydrogens is 268 g/mol. The van der Waals surface area contributed by atoms with E-state index < -0.39 is 5.97 Å². The van der Waals surface area contributed by atoms with Gasteiger partial charge < -0.3 is 20.0 Å². The van der Waals surface area contributed by atoms with Gasteiger partial charge in [-0.25, -0.2) is 0 Å². The Bertz CT molecular complexity index is 597. The number of carbonyl (C=O) groups excluding carboxylic acids is 1. The fraction of sp³-hybridized carbons (Fsp3) is 0.250. The number of hydrogen-bond donors (Lipinski definition) is 1. The molecule has 110 valence electrons. The van der Waals surface area contributed by atoms with Gasteiger partial charge in [0.1, 0.15) is 5.75 Å². The second-order valence-corrected chi connectivity index (χ2v) is 4.56. The lowest BCUT2D eigenvalue weighted by Crippen LogP contribution is -2.23. The number of aromatic carboxylic acids is 1. The van der Waals surface area contributed by atoms with E-state index in [1.807, 2.05) is 24.3 Å². The summed E-state index contributed by atoms with van der Waals surface area (Å²) in [7, 11) is 0. The van der Waals surface area contributed by atoms with Crippen molar-refractivity contribution in [1.29, 1.82) is 0 Å². The summed E-state index contributed by atoms with van der Waals surface area (Å²) in [5.74, 6) is -0.464. The monoisotopic (exact) mass is 285 g/mol. The van der Waals surface area contributed by atoms with Crippen molar-refractivity contribution in [2.24, 2.45) is 0 Å². The van der Waals surface area contributed by atoms with E-state index in [-0.39, 0.29) is 5.56 Å². The van der Waals surface area contributed by atoms with Gasteiger partial charge in [0, 0.05) is 23.6 Å². The first-order valence-corrected chi connectivity index (χ1v) is 6.86. The van der Waals surface area contributed by atoms with Crippen molar-refractivity contribution < 1.29 is 14.6 Å². The molecule has 5 nitrogen and oxygen atoms in total. The third kappa shape index (κ3) is 4.21. The Morgan fingerprint density at radius 1 is 1.29 bits per heavy atom. The molecule has 0 saturated carbocycles. The zero-order chi connectivity index (χ0) is 15.1. The Kier molecular flexibility index (Phi) is 5.15. The van der Waals surface area contributed by atoms with Crippen LogP contribution in [0.5, 0.6) is 5.75 Å². The number of rotatable bonds is 7. The predicted octanol–water partition coefficient (Wildman–Crippen LogP) is 2.37. The molecule has 21 heavy (non-hydrogen) atoms. The number of anilines is 2. The second kappa shape index (κ2) is 7.28. The number of hydrogen-bond acceptors (Lipinski definition) is 5.